The molecule has 1 aromatic heterocycles. The van der Waals surface area contributed by atoms with E-state index < -0.39 is 16.4 Å². The van der Waals surface area contributed by atoms with E-state index in [1.165, 1.54) is 13.0 Å². The second-order valence-electron chi connectivity index (χ2n) is 5.86. The van der Waals surface area contributed by atoms with Crippen LogP contribution < -0.4 is 10.9 Å². The van der Waals surface area contributed by atoms with Gasteiger partial charge in [-0.05, 0) is 24.5 Å². The van der Waals surface area contributed by atoms with E-state index in [0.717, 1.165) is 16.3 Å². The maximum atomic E-state index is 12.3. The van der Waals surface area contributed by atoms with Crippen molar-refractivity contribution in [2.24, 2.45) is 0 Å². The fourth-order valence-electron chi connectivity index (χ4n) is 2.44. The third-order valence-corrected chi connectivity index (χ3v) is 3.63. The highest BCUT2D eigenvalue weighted by Gasteiger charge is 2.15. The van der Waals surface area contributed by atoms with Gasteiger partial charge in [-0.2, -0.15) is 0 Å². The Kier molecular flexibility index (Phi) is 5.13. The number of hydrogen-bond donors (Lipinski definition) is 1. The Labute approximate surface area is 139 Å². The smallest absolute Gasteiger partial charge is 0.286 e. The minimum atomic E-state index is -0.588. The van der Waals surface area contributed by atoms with Crippen LogP contribution in [0.2, 0.25) is 0 Å². The molecule has 0 bridgehead atoms. The van der Waals surface area contributed by atoms with E-state index in [4.69, 9.17) is 0 Å². The number of aryl methyl sites for hydroxylation is 1. The number of hydrogen-bond acceptors (Lipinski definition) is 4. The molecule has 7 heteroatoms. The lowest BCUT2D eigenvalue weighted by molar-refractivity contribution is -0.385. The number of carbonyl (C=O) groups excluding carboxylic acids is 1. The average molecular weight is 329 g/mol. The SMILES string of the molecule is Cc1cc([N+](=O)[O-])cn(CC(=O)Nc2ccccc2C(C)C)c1=O. The van der Waals surface area contributed by atoms with Crippen LogP contribution in [0.25, 0.3) is 0 Å². The second-order valence-corrected chi connectivity index (χ2v) is 5.86. The highest BCUT2D eigenvalue weighted by Crippen LogP contribution is 2.23. The van der Waals surface area contributed by atoms with Gasteiger partial charge in [0.2, 0.25) is 5.91 Å². The maximum Gasteiger partial charge on any atom is 0.286 e. The standard InChI is InChI=1S/C17H19N3O4/c1-11(2)14-6-4-5-7-15(14)18-16(21)10-19-9-13(20(23)24)8-12(3)17(19)22/h4-9,11H,10H2,1-3H3,(H,18,21). The predicted molar refractivity (Wildman–Crippen MR) is 91.3 cm³/mol. The minimum absolute atomic E-state index is 0.220. The highest BCUT2D eigenvalue weighted by molar-refractivity contribution is 5.91. The number of aromatic nitrogens is 1. The van der Waals surface area contributed by atoms with Gasteiger partial charge >= 0.3 is 0 Å². The molecular formula is C17H19N3O4. The Hall–Kier alpha value is -2.96. The monoisotopic (exact) mass is 329 g/mol. The van der Waals surface area contributed by atoms with Crippen molar-refractivity contribution in [3.8, 4) is 0 Å². The molecule has 0 aliphatic rings. The van der Waals surface area contributed by atoms with E-state index in [9.17, 15) is 19.7 Å². The van der Waals surface area contributed by atoms with Crippen LogP contribution in [0.5, 0.6) is 0 Å². The van der Waals surface area contributed by atoms with E-state index in [1.54, 1.807) is 6.07 Å². The van der Waals surface area contributed by atoms with Gasteiger partial charge in [0.1, 0.15) is 6.54 Å². The summed E-state index contributed by atoms with van der Waals surface area (Å²) in [5.41, 5.74) is 1.23. The van der Waals surface area contributed by atoms with Gasteiger partial charge in [-0.15, -0.1) is 0 Å². The Balaban J connectivity index is 2.25. The predicted octanol–water partition coefficient (Wildman–Crippen LogP) is 2.83. The van der Waals surface area contributed by atoms with Crippen LogP contribution in [0, 0.1) is 17.0 Å². The summed E-state index contributed by atoms with van der Waals surface area (Å²) >= 11 is 0. The lowest BCUT2D eigenvalue weighted by Crippen LogP contribution is -2.29. The molecular weight excluding hydrogens is 310 g/mol. The number of nitro groups is 1. The number of anilines is 1. The molecule has 1 N–H and O–H groups in total. The van der Waals surface area contributed by atoms with Crippen LogP contribution in [-0.2, 0) is 11.3 Å². The first-order valence-corrected chi connectivity index (χ1v) is 7.54. The Morgan fingerprint density at radius 3 is 2.62 bits per heavy atom. The van der Waals surface area contributed by atoms with Crippen LogP contribution >= 0.6 is 0 Å². The molecule has 0 aliphatic carbocycles. The number of nitrogens with zero attached hydrogens (tertiary/aromatic N) is 2. The van der Waals surface area contributed by atoms with Crippen molar-refractivity contribution in [1.29, 1.82) is 0 Å². The summed E-state index contributed by atoms with van der Waals surface area (Å²) < 4.78 is 1.06. The molecule has 0 fully saturated rings. The summed E-state index contributed by atoms with van der Waals surface area (Å²) in [5.74, 6) is -0.186. The quantitative estimate of drug-likeness (QED) is 0.674. The van der Waals surface area contributed by atoms with E-state index >= 15 is 0 Å². The van der Waals surface area contributed by atoms with Crippen molar-refractivity contribution in [2.45, 2.75) is 33.2 Å². The minimum Gasteiger partial charge on any atom is -0.324 e. The van der Waals surface area contributed by atoms with Crippen molar-refractivity contribution in [3.63, 3.8) is 0 Å². The van der Waals surface area contributed by atoms with Crippen LogP contribution in [0.15, 0.2) is 41.3 Å². The molecule has 0 spiro atoms. The number of rotatable bonds is 5. The van der Waals surface area contributed by atoms with Crippen molar-refractivity contribution < 1.29 is 9.72 Å². The van der Waals surface area contributed by atoms with Gasteiger partial charge in [-0.3, -0.25) is 24.3 Å². The zero-order valence-corrected chi connectivity index (χ0v) is 13.8. The van der Waals surface area contributed by atoms with Gasteiger partial charge in [0.15, 0.2) is 0 Å². The molecule has 7 nitrogen and oxygen atoms in total. The van der Waals surface area contributed by atoms with E-state index in [2.05, 4.69) is 5.32 Å². The molecule has 0 saturated heterocycles. The zero-order chi connectivity index (χ0) is 17.9. The third-order valence-electron chi connectivity index (χ3n) is 3.63. The fraction of sp³-hybridized carbons (Fsp3) is 0.294. The van der Waals surface area contributed by atoms with Gasteiger partial charge in [0.05, 0.1) is 11.1 Å². The molecule has 2 aromatic rings. The highest BCUT2D eigenvalue weighted by atomic mass is 16.6. The van der Waals surface area contributed by atoms with Crippen molar-refractivity contribution in [1.82, 2.24) is 4.57 Å². The normalized spacial score (nSPS) is 10.7. The maximum absolute atomic E-state index is 12.3. The van der Waals surface area contributed by atoms with Crippen LogP contribution in [0.4, 0.5) is 11.4 Å². The first-order valence-electron chi connectivity index (χ1n) is 7.54. The molecule has 0 saturated carbocycles. The van der Waals surface area contributed by atoms with Crippen LogP contribution in [0.3, 0.4) is 0 Å². The Morgan fingerprint density at radius 2 is 2.00 bits per heavy atom. The molecule has 24 heavy (non-hydrogen) atoms. The summed E-state index contributed by atoms with van der Waals surface area (Å²) in [6, 6.07) is 8.61. The van der Waals surface area contributed by atoms with Gasteiger partial charge < -0.3 is 5.32 Å². The first-order chi connectivity index (χ1) is 11.3. The number of nitrogens with one attached hydrogen (secondary N) is 1. The summed E-state index contributed by atoms with van der Waals surface area (Å²) in [4.78, 5) is 34.6. The molecule has 1 amide bonds. The average Bonchev–Trinajstić information content (AvgIpc) is 2.51. The second kappa shape index (κ2) is 7.08. The molecule has 0 unspecified atom stereocenters. The molecule has 1 heterocycles. The van der Waals surface area contributed by atoms with Gasteiger partial charge in [0, 0.05) is 17.3 Å². The van der Waals surface area contributed by atoms with Crippen LogP contribution in [-0.4, -0.2) is 15.4 Å². The summed E-state index contributed by atoms with van der Waals surface area (Å²) in [7, 11) is 0. The lowest BCUT2D eigenvalue weighted by Gasteiger charge is -2.14. The zero-order valence-electron chi connectivity index (χ0n) is 13.8. The van der Waals surface area contributed by atoms with Crippen molar-refractivity contribution >= 4 is 17.3 Å². The molecule has 0 aliphatic heterocycles. The fourth-order valence-corrected chi connectivity index (χ4v) is 2.44. The van der Waals surface area contributed by atoms with Crippen molar-refractivity contribution in [3.05, 3.63) is 68.1 Å². The van der Waals surface area contributed by atoms with E-state index in [-0.39, 0.29) is 23.7 Å². The molecule has 1 aromatic carbocycles. The molecule has 0 radical (unpaired) electrons. The van der Waals surface area contributed by atoms with E-state index in [1.807, 2.05) is 32.0 Å². The van der Waals surface area contributed by atoms with E-state index in [0.29, 0.717) is 5.69 Å². The Bertz CT molecular complexity index is 840. The number of amides is 1. The summed E-state index contributed by atoms with van der Waals surface area (Å²) in [5, 5.41) is 13.7. The number of carbonyl (C=O) groups is 1. The topological polar surface area (TPSA) is 94.2 Å². The number of pyridine rings is 1. The van der Waals surface area contributed by atoms with Gasteiger partial charge in [-0.25, -0.2) is 0 Å². The number of benzene rings is 1. The summed E-state index contributed by atoms with van der Waals surface area (Å²) in [6.45, 7) is 5.23. The van der Waals surface area contributed by atoms with Crippen molar-refractivity contribution in [2.75, 3.05) is 5.32 Å². The largest absolute Gasteiger partial charge is 0.324 e. The number of para-hydroxylation sites is 1. The van der Waals surface area contributed by atoms with Gasteiger partial charge in [-0.1, -0.05) is 32.0 Å². The first kappa shape index (κ1) is 17.4. The Morgan fingerprint density at radius 1 is 1.33 bits per heavy atom. The molecule has 0 atom stereocenters. The molecule has 126 valence electrons. The lowest BCUT2D eigenvalue weighted by atomic mass is 10.0. The molecule has 2 rings (SSSR count). The third kappa shape index (κ3) is 3.87. The van der Waals surface area contributed by atoms with Crippen LogP contribution in [0.1, 0.15) is 30.9 Å². The summed E-state index contributed by atoms with van der Waals surface area (Å²) in [6.07, 6.45) is 1.09. The van der Waals surface area contributed by atoms with Gasteiger partial charge in [0.25, 0.3) is 11.2 Å².